The Labute approximate surface area is 136 Å². The molecule has 0 bridgehead atoms. The lowest BCUT2D eigenvalue weighted by molar-refractivity contribution is -0.135. The molecule has 1 N–H and O–H groups in total. The molecule has 2 aliphatic heterocycles. The zero-order chi connectivity index (χ0) is 16.0. The molecule has 0 aromatic heterocycles. The predicted molar refractivity (Wildman–Crippen MR) is 85.0 cm³/mol. The fourth-order valence-electron chi connectivity index (χ4n) is 4.11. The minimum absolute atomic E-state index is 0.158. The van der Waals surface area contributed by atoms with Crippen LogP contribution in [0.25, 0.3) is 0 Å². The Morgan fingerprint density at radius 3 is 2.91 bits per heavy atom. The maximum Gasteiger partial charge on any atom is 0.407 e. The van der Waals surface area contributed by atoms with E-state index in [2.05, 4.69) is 36.5 Å². The SMILES string of the molecule is Cc1ccc(C23CC2CN(C(=O)[C@@H]2CCOC(=O)NC2)C3)cc1. The smallest absolute Gasteiger partial charge is 0.407 e. The predicted octanol–water partition coefficient (Wildman–Crippen LogP) is 1.84. The molecular formula is C18H22N2O3. The van der Waals surface area contributed by atoms with Gasteiger partial charge in [0.2, 0.25) is 5.91 Å². The average molecular weight is 314 g/mol. The monoisotopic (exact) mass is 314 g/mol. The summed E-state index contributed by atoms with van der Waals surface area (Å²) in [7, 11) is 0. The fourth-order valence-corrected chi connectivity index (χ4v) is 4.11. The molecule has 2 heterocycles. The summed E-state index contributed by atoms with van der Waals surface area (Å²) in [5.74, 6) is 0.592. The lowest BCUT2D eigenvalue weighted by Gasteiger charge is -2.25. The number of carbonyl (C=O) groups is 2. The Balaban J connectivity index is 1.45. The first-order chi connectivity index (χ1) is 11.1. The van der Waals surface area contributed by atoms with Gasteiger partial charge in [0, 0.05) is 25.0 Å². The van der Waals surface area contributed by atoms with Crippen molar-refractivity contribution in [3.63, 3.8) is 0 Å². The summed E-state index contributed by atoms with van der Waals surface area (Å²) in [6.45, 7) is 4.46. The average Bonchev–Trinajstić information content (AvgIpc) is 3.19. The summed E-state index contributed by atoms with van der Waals surface area (Å²) in [6, 6.07) is 8.73. The standard InChI is InChI=1S/C18H22N2O3/c1-12-2-4-14(5-3-12)18-8-15(18)10-20(11-18)16(21)13-6-7-23-17(22)19-9-13/h2-5,13,15H,6-11H2,1H3,(H,19,22)/t13-,15?,18?/m1/s1. The molecule has 3 fully saturated rings. The summed E-state index contributed by atoms with van der Waals surface area (Å²) in [5, 5.41) is 2.66. The minimum atomic E-state index is -0.416. The van der Waals surface area contributed by atoms with Crippen LogP contribution in [0.1, 0.15) is 24.0 Å². The highest BCUT2D eigenvalue weighted by Gasteiger charge is 2.61. The van der Waals surface area contributed by atoms with Crippen molar-refractivity contribution in [2.45, 2.75) is 25.2 Å². The maximum atomic E-state index is 12.8. The molecule has 5 nitrogen and oxygen atoms in total. The van der Waals surface area contributed by atoms with E-state index in [0.717, 1.165) is 13.1 Å². The second-order valence-electron chi connectivity index (χ2n) is 7.14. The van der Waals surface area contributed by atoms with E-state index in [9.17, 15) is 9.59 Å². The van der Waals surface area contributed by atoms with Gasteiger partial charge in [-0.25, -0.2) is 4.79 Å². The van der Waals surface area contributed by atoms with Gasteiger partial charge in [-0.05, 0) is 31.2 Å². The van der Waals surface area contributed by atoms with Crippen LogP contribution < -0.4 is 5.32 Å². The van der Waals surface area contributed by atoms with Crippen LogP contribution in [0.5, 0.6) is 0 Å². The van der Waals surface area contributed by atoms with E-state index in [1.807, 2.05) is 4.90 Å². The van der Waals surface area contributed by atoms with Crippen LogP contribution in [0.4, 0.5) is 4.79 Å². The Morgan fingerprint density at radius 1 is 1.35 bits per heavy atom. The lowest BCUT2D eigenvalue weighted by Crippen LogP contribution is -2.41. The van der Waals surface area contributed by atoms with Gasteiger partial charge in [0.05, 0.1) is 12.5 Å². The van der Waals surface area contributed by atoms with E-state index in [1.165, 1.54) is 17.5 Å². The van der Waals surface area contributed by atoms with Crippen molar-refractivity contribution in [2.24, 2.45) is 11.8 Å². The van der Waals surface area contributed by atoms with Crippen molar-refractivity contribution in [1.82, 2.24) is 10.2 Å². The van der Waals surface area contributed by atoms with Crippen LogP contribution in [0.2, 0.25) is 0 Å². The number of nitrogens with zero attached hydrogens (tertiary/aromatic N) is 1. The van der Waals surface area contributed by atoms with Gasteiger partial charge in [-0.2, -0.15) is 0 Å². The van der Waals surface area contributed by atoms with Gasteiger partial charge in [0.15, 0.2) is 0 Å². The number of fused-ring (bicyclic) bond motifs is 1. The number of likely N-dealkylation sites (tertiary alicyclic amines) is 1. The molecule has 5 heteroatoms. The number of ether oxygens (including phenoxy) is 1. The number of carbonyl (C=O) groups excluding carboxylic acids is 2. The molecule has 1 saturated carbocycles. The molecule has 2 unspecified atom stereocenters. The third-order valence-electron chi connectivity index (χ3n) is 5.63. The van der Waals surface area contributed by atoms with Gasteiger partial charge in [-0.15, -0.1) is 0 Å². The normalized spacial score (nSPS) is 32.6. The van der Waals surface area contributed by atoms with Crippen LogP contribution in [-0.4, -0.2) is 43.1 Å². The van der Waals surface area contributed by atoms with Crippen LogP contribution in [0.3, 0.4) is 0 Å². The Kier molecular flexibility index (Phi) is 3.32. The van der Waals surface area contributed by atoms with Gasteiger partial charge in [0.25, 0.3) is 0 Å². The molecule has 2 amide bonds. The maximum absolute atomic E-state index is 12.8. The minimum Gasteiger partial charge on any atom is -0.450 e. The second kappa shape index (κ2) is 5.25. The molecule has 0 spiro atoms. The molecule has 1 aromatic carbocycles. The summed E-state index contributed by atoms with van der Waals surface area (Å²) in [5.41, 5.74) is 2.80. The number of piperidine rings is 1. The first-order valence-electron chi connectivity index (χ1n) is 8.35. The van der Waals surface area contributed by atoms with Gasteiger partial charge in [-0.1, -0.05) is 29.8 Å². The molecular weight excluding hydrogens is 292 g/mol. The molecule has 122 valence electrons. The van der Waals surface area contributed by atoms with Gasteiger partial charge in [-0.3, -0.25) is 4.79 Å². The zero-order valence-electron chi connectivity index (χ0n) is 13.4. The van der Waals surface area contributed by atoms with E-state index >= 15 is 0 Å². The van der Waals surface area contributed by atoms with Crippen LogP contribution >= 0.6 is 0 Å². The van der Waals surface area contributed by atoms with Crippen molar-refractivity contribution in [1.29, 1.82) is 0 Å². The van der Waals surface area contributed by atoms with Crippen molar-refractivity contribution in [3.05, 3.63) is 35.4 Å². The van der Waals surface area contributed by atoms with Crippen molar-refractivity contribution in [3.8, 4) is 0 Å². The largest absolute Gasteiger partial charge is 0.450 e. The molecule has 3 aliphatic rings. The van der Waals surface area contributed by atoms with Crippen LogP contribution in [0.15, 0.2) is 24.3 Å². The van der Waals surface area contributed by atoms with Crippen molar-refractivity contribution >= 4 is 12.0 Å². The Hall–Kier alpha value is -2.04. The van der Waals surface area contributed by atoms with E-state index in [4.69, 9.17) is 4.74 Å². The van der Waals surface area contributed by atoms with E-state index in [1.54, 1.807) is 0 Å². The van der Waals surface area contributed by atoms with E-state index < -0.39 is 6.09 Å². The topological polar surface area (TPSA) is 58.6 Å². The summed E-state index contributed by atoms with van der Waals surface area (Å²) in [4.78, 5) is 26.0. The molecule has 23 heavy (non-hydrogen) atoms. The number of benzene rings is 1. The van der Waals surface area contributed by atoms with Gasteiger partial charge >= 0.3 is 6.09 Å². The summed E-state index contributed by atoms with van der Waals surface area (Å²) in [6.07, 6.45) is 1.38. The van der Waals surface area contributed by atoms with Gasteiger partial charge < -0.3 is 15.0 Å². The molecule has 3 atom stereocenters. The Morgan fingerprint density at radius 2 is 2.13 bits per heavy atom. The fraction of sp³-hybridized carbons (Fsp3) is 0.556. The van der Waals surface area contributed by atoms with Crippen molar-refractivity contribution in [2.75, 3.05) is 26.2 Å². The number of nitrogens with one attached hydrogen (secondary N) is 1. The number of cyclic esters (lactones) is 1. The highest BCUT2D eigenvalue weighted by atomic mass is 16.5. The second-order valence-corrected chi connectivity index (χ2v) is 7.14. The number of amides is 2. The Bertz CT molecular complexity index is 642. The molecule has 1 aromatic rings. The lowest BCUT2D eigenvalue weighted by atomic mass is 9.94. The van der Waals surface area contributed by atoms with Crippen molar-refractivity contribution < 1.29 is 14.3 Å². The first kappa shape index (κ1) is 14.5. The third kappa shape index (κ3) is 2.48. The number of hydrogen-bond donors (Lipinski definition) is 1. The molecule has 0 radical (unpaired) electrons. The summed E-state index contributed by atoms with van der Waals surface area (Å²) >= 11 is 0. The number of rotatable bonds is 2. The van der Waals surface area contributed by atoms with Crippen LogP contribution in [-0.2, 0) is 14.9 Å². The number of aryl methyl sites for hydroxylation is 1. The highest BCUT2D eigenvalue weighted by Crippen LogP contribution is 2.59. The third-order valence-corrected chi connectivity index (χ3v) is 5.63. The quantitative estimate of drug-likeness (QED) is 0.906. The first-order valence-corrected chi connectivity index (χ1v) is 8.35. The highest BCUT2D eigenvalue weighted by molar-refractivity contribution is 5.81. The number of hydrogen-bond acceptors (Lipinski definition) is 3. The van der Waals surface area contributed by atoms with E-state index in [-0.39, 0.29) is 17.2 Å². The zero-order valence-corrected chi connectivity index (χ0v) is 13.4. The van der Waals surface area contributed by atoms with Gasteiger partial charge in [0.1, 0.15) is 0 Å². The van der Waals surface area contributed by atoms with E-state index in [0.29, 0.717) is 25.5 Å². The van der Waals surface area contributed by atoms with Crippen LogP contribution in [0, 0.1) is 18.8 Å². The molecule has 4 rings (SSSR count). The molecule has 2 saturated heterocycles. The molecule has 1 aliphatic carbocycles. The number of alkyl carbamates (subject to hydrolysis) is 1. The summed E-state index contributed by atoms with van der Waals surface area (Å²) < 4.78 is 4.96.